The second kappa shape index (κ2) is 4.65. The average Bonchev–Trinajstić information content (AvgIpc) is 2.27. The average molecular weight is 242 g/mol. The first-order valence-electron chi connectivity index (χ1n) is 4.80. The van der Waals surface area contributed by atoms with Crippen molar-refractivity contribution in [1.82, 2.24) is 0 Å². The number of rotatable bonds is 4. The molecule has 0 radical (unpaired) electrons. The zero-order chi connectivity index (χ0) is 12.3. The van der Waals surface area contributed by atoms with Crippen LogP contribution < -0.4 is 4.74 Å². The molecule has 0 heterocycles. The van der Waals surface area contributed by atoms with E-state index in [2.05, 4.69) is 0 Å². The number of methoxy groups -OCH3 is 1. The summed E-state index contributed by atoms with van der Waals surface area (Å²) in [7, 11) is -1.93. The Hall–Kier alpha value is -1.36. The highest BCUT2D eigenvalue weighted by Gasteiger charge is 2.20. The number of sulfone groups is 1. The van der Waals surface area contributed by atoms with Crippen LogP contribution in [0, 0.1) is 0 Å². The molecule has 5 heteroatoms. The van der Waals surface area contributed by atoms with Crippen molar-refractivity contribution >= 4 is 16.1 Å². The minimum atomic E-state index is -3.33. The highest BCUT2D eigenvalue weighted by atomic mass is 32.2. The van der Waals surface area contributed by atoms with Crippen molar-refractivity contribution in [3.05, 3.63) is 23.8 Å². The van der Waals surface area contributed by atoms with Gasteiger partial charge in [-0.3, -0.25) is 4.79 Å². The van der Waals surface area contributed by atoms with Crippen LogP contribution in [0.25, 0.3) is 0 Å². The molecule has 88 valence electrons. The van der Waals surface area contributed by atoms with Crippen LogP contribution in [0.4, 0.5) is 0 Å². The van der Waals surface area contributed by atoms with E-state index in [-0.39, 0.29) is 10.6 Å². The van der Waals surface area contributed by atoms with Gasteiger partial charge in [0.2, 0.25) is 0 Å². The molecule has 0 saturated carbocycles. The SMILES string of the molecule is COc1cc(S(=O)(=O)C(C)C)ccc1C=O. The van der Waals surface area contributed by atoms with Crippen LogP contribution in [-0.2, 0) is 9.84 Å². The third-order valence-electron chi connectivity index (χ3n) is 2.28. The van der Waals surface area contributed by atoms with Crippen molar-refractivity contribution in [2.24, 2.45) is 0 Å². The number of hydrogen-bond acceptors (Lipinski definition) is 4. The molecular formula is C11H14O4S. The van der Waals surface area contributed by atoms with Gasteiger partial charge in [0.25, 0.3) is 0 Å². The summed E-state index contributed by atoms with van der Waals surface area (Å²) in [6.07, 6.45) is 0.630. The Labute approximate surface area is 95.2 Å². The lowest BCUT2D eigenvalue weighted by atomic mass is 10.2. The quantitative estimate of drug-likeness (QED) is 0.754. The summed E-state index contributed by atoms with van der Waals surface area (Å²) in [5.41, 5.74) is 0.338. The van der Waals surface area contributed by atoms with Gasteiger partial charge in [0.05, 0.1) is 22.8 Å². The number of carbonyl (C=O) groups excluding carboxylic acids is 1. The molecule has 0 amide bonds. The van der Waals surface area contributed by atoms with Crippen molar-refractivity contribution < 1.29 is 17.9 Å². The van der Waals surface area contributed by atoms with E-state index in [0.29, 0.717) is 11.8 Å². The molecule has 0 aliphatic carbocycles. The molecule has 0 atom stereocenters. The summed E-state index contributed by atoms with van der Waals surface area (Å²) in [5.74, 6) is 0.275. The summed E-state index contributed by atoms with van der Waals surface area (Å²) in [5, 5.41) is -0.501. The highest BCUT2D eigenvalue weighted by Crippen LogP contribution is 2.24. The van der Waals surface area contributed by atoms with E-state index >= 15 is 0 Å². The summed E-state index contributed by atoms with van der Waals surface area (Å²) in [6.45, 7) is 3.21. The van der Waals surface area contributed by atoms with E-state index in [1.54, 1.807) is 13.8 Å². The third-order valence-corrected chi connectivity index (χ3v) is 4.43. The second-order valence-corrected chi connectivity index (χ2v) is 6.12. The maximum Gasteiger partial charge on any atom is 0.180 e. The van der Waals surface area contributed by atoms with Gasteiger partial charge in [0.15, 0.2) is 16.1 Å². The van der Waals surface area contributed by atoms with Crippen molar-refractivity contribution in [3.8, 4) is 5.75 Å². The summed E-state index contributed by atoms with van der Waals surface area (Å²) in [6, 6.07) is 4.24. The van der Waals surface area contributed by atoms with Gasteiger partial charge in [0, 0.05) is 0 Å². The maximum absolute atomic E-state index is 11.9. The Kier molecular flexibility index (Phi) is 3.70. The molecule has 0 aliphatic heterocycles. The lowest BCUT2D eigenvalue weighted by molar-refractivity contribution is 0.112. The van der Waals surface area contributed by atoms with Crippen LogP contribution in [0.15, 0.2) is 23.1 Å². The fourth-order valence-corrected chi connectivity index (χ4v) is 2.31. The van der Waals surface area contributed by atoms with Crippen LogP contribution in [0.5, 0.6) is 5.75 Å². The molecule has 0 bridgehead atoms. The predicted octanol–water partition coefficient (Wildman–Crippen LogP) is 1.69. The minimum absolute atomic E-state index is 0.171. The molecule has 0 aromatic heterocycles. The topological polar surface area (TPSA) is 60.4 Å². The normalized spacial score (nSPS) is 11.5. The third kappa shape index (κ3) is 2.24. The first-order valence-corrected chi connectivity index (χ1v) is 6.35. The zero-order valence-corrected chi connectivity index (χ0v) is 10.2. The van der Waals surface area contributed by atoms with Gasteiger partial charge < -0.3 is 4.74 Å². The Morgan fingerprint density at radius 3 is 2.38 bits per heavy atom. The van der Waals surface area contributed by atoms with Crippen molar-refractivity contribution in [2.45, 2.75) is 24.0 Å². The molecule has 1 aromatic carbocycles. The van der Waals surface area contributed by atoms with E-state index in [0.717, 1.165) is 0 Å². The zero-order valence-electron chi connectivity index (χ0n) is 9.43. The van der Waals surface area contributed by atoms with E-state index < -0.39 is 15.1 Å². The van der Waals surface area contributed by atoms with Gasteiger partial charge >= 0.3 is 0 Å². The summed E-state index contributed by atoms with van der Waals surface area (Å²) < 4.78 is 28.7. The van der Waals surface area contributed by atoms with E-state index in [1.807, 2.05) is 0 Å². The van der Waals surface area contributed by atoms with Gasteiger partial charge in [-0.2, -0.15) is 0 Å². The largest absolute Gasteiger partial charge is 0.496 e. The number of carbonyl (C=O) groups is 1. The van der Waals surface area contributed by atoms with Gasteiger partial charge in [-0.25, -0.2) is 8.42 Å². The fraction of sp³-hybridized carbons (Fsp3) is 0.364. The monoisotopic (exact) mass is 242 g/mol. The number of ether oxygens (including phenoxy) is 1. The molecule has 0 unspecified atom stereocenters. The molecule has 1 aromatic rings. The van der Waals surface area contributed by atoms with Crippen LogP contribution >= 0.6 is 0 Å². The molecule has 0 N–H and O–H groups in total. The fourth-order valence-electron chi connectivity index (χ4n) is 1.24. The Balaban J connectivity index is 3.34. The minimum Gasteiger partial charge on any atom is -0.496 e. The molecule has 0 aliphatic rings. The molecule has 0 spiro atoms. The summed E-state index contributed by atoms with van der Waals surface area (Å²) >= 11 is 0. The smallest absolute Gasteiger partial charge is 0.180 e. The number of aldehydes is 1. The number of hydrogen-bond donors (Lipinski definition) is 0. The Morgan fingerprint density at radius 2 is 1.94 bits per heavy atom. The second-order valence-electron chi connectivity index (χ2n) is 3.62. The van der Waals surface area contributed by atoms with Gasteiger partial charge in [-0.05, 0) is 32.0 Å². The van der Waals surface area contributed by atoms with Crippen LogP contribution in [0.1, 0.15) is 24.2 Å². The van der Waals surface area contributed by atoms with Crippen molar-refractivity contribution in [1.29, 1.82) is 0 Å². The van der Waals surface area contributed by atoms with Crippen LogP contribution in [0.3, 0.4) is 0 Å². The first-order chi connectivity index (χ1) is 7.43. The van der Waals surface area contributed by atoms with E-state index in [9.17, 15) is 13.2 Å². The Bertz CT molecular complexity index is 489. The summed E-state index contributed by atoms with van der Waals surface area (Å²) in [4.78, 5) is 10.8. The van der Waals surface area contributed by atoms with Gasteiger partial charge in [0.1, 0.15) is 5.75 Å². The maximum atomic E-state index is 11.9. The standard InChI is InChI=1S/C11H14O4S/c1-8(2)16(13,14)10-5-4-9(7-12)11(6-10)15-3/h4-8H,1-3H3. The van der Waals surface area contributed by atoms with Gasteiger partial charge in [-0.15, -0.1) is 0 Å². The number of benzene rings is 1. The lowest BCUT2D eigenvalue weighted by Gasteiger charge is -2.10. The molecule has 16 heavy (non-hydrogen) atoms. The van der Waals surface area contributed by atoms with E-state index in [4.69, 9.17) is 4.74 Å². The molecule has 0 fully saturated rings. The van der Waals surface area contributed by atoms with E-state index in [1.165, 1.54) is 25.3 Å². The van der Waals surface area contributed by atoms with Crippen molar-refractivity contribution in [3.63, 3.8) is 0 Å². The predicted molar refractivity (Wildman–Crippen MR) is 60.7 cm³/mol. The van der Waals surface area contributed by atoms with Gasteiger partial charge in [-0.1, -0.05) is 0 Å². The highest BCUT2D eigenvalue weighted by molar-refractivity contribution is 7.92. The molecule has 1 rings (SSSR count). The van der Waals surface area contributed by atoms with Crippen molar-refractivity contribution in [2.75, 3.05) is 7.11 Å². The van der Waals surface area contributed by atoms with Crippen LogP contribution in [0.2, 0.25) is 0 Å². The molecule has 0 saturated heterocycles. The molecule has 4 nitrogen and oxygen atoms in total. The Morgan fingerprint density at radius 1 is 1.31 bits per heavy atom. The first kappa shape index (κ1) is 12.7. The lowest BCUT2D eigenvalue weighted by Crippen LogP contribution is -2.14. The molecular weight excluding hydrogens is 228 g/mol. The van der Waals surface area contributed by atoms with Crippen LogP contribution in [-0.4, -0.2) is 27.1 Å².